The molecule has 21 heavy (non-hydrogen) atoms. The average Bonchev–Trinajstić information content (AvgIpc) is 2.43. The summed E-state index contributed by atoms with van der Waals surface area (Å²) in [6, 6.07) is 0.238. The zero-order valence-electron chi connectivity index (χ0n) is 13.9. The van der Waals surface area contributed by atoms with Crippen LogP contribution in [0.1, 0.15) is 52.9 Å². The Kier molecular flexibility index (Phi) is 8.22. The molecular weight excluding hydrogens is 270 g/mol. The molecule has 124 valence electrons. The lowest BCUT2D eigenvalue weighted by Gasteiger charge is -2.40. The van der Waals surface area contributed by atoms with E-state index in [4.69, 9.17) is 14.2 Å². The van der Waals surface area contributed by atoms with Crippen molar-refractivity contribution in [3.05, 3.63) is 0 Å². The molecule has 1 aliphatic rings. The first-order chi connectivity index (χ1) is 10.0. The Balaban J connectivity index is 2.62. The average molecular weight is 301 g/mol. The molecular formula is C16H31NO4. The highest BCUT2D eigenvalue weighted by Crippen LogP contribution is 2.32. The summed E-state index contributed by atoms with van der Waals surface area (Å²) in [5.41, 5.74) is -0.589. The molecule has 0 aromatic rings. The molecule has 0 aliphatic heterocycles. The van der Waals surface area contributed by atoms with Gasteiger partial charge < -0.3 is 14.2 Å². The summed E-state index contributed by atoms with van der Waals surface area (Å²) >= 11 is 0. The van der Waals surface area contributed by atoms with Gasteiger partial charge in [0.25, 0.3) is 0 Å². The van der Waals surface area contributed by atoms with E-state index in [1.807, 2.05) is 6.92 Å². The van der Waals surface area contributed by atoms with Crippen molar-refractivity contribution in [3.63, 3.8) is 0 Å². The van der Waals surface area contributed by atoms with Crippen LogP contribution in [0.3, 0.4) is 0 Å². The van der Waals surface area contributed by atoms with E-state index in [-0.39, 0.29) is 18.1 Å². The number of esters is 1. The van der Waals surface area contributed by atoms with Gasteiger partial charge in [-0.05, 0) is 46.5 Å². The smallest absolute Gasteiger partial charge is 0.326 e. The van der Waals surface area contributed by atoms with Gasteiger partial charge >= 0.3 is 5.97 Å². The number of carbonyl (C=O) groups excluding carboxylic acids is 1. The van der Waals surface area contributed by atoms with Crippen molar-refractivity contribution in [1.29, 1.82) is 0 Å². The molecule has 0 aromatic heterocycles. The van der Waals surface area contributed by atoms with Gasteiger partial charge in [0.15, 0.2) is 0 Å². The minimum Gasteiger partial charge on any atom is -0.465 e. The molecule has 0 radical (unpaired) electrons. The normalized spacial score (nSPS) is 26.0. The zero-order valence-corrected chi connectivity index (χ0v) is 13.9. The summed E-state index contributed by atoms with van der Waals surface area (Å²) < 4.78 is 16.3. The molecule has 1 fully saturated rings. The Bertz CT molecular complexity index is 309. The molecule has 2 unspecified atom stereocenters. The van der Waals surface area contributed by atoms with Crippen LogP contribution in [0.15, 0.2) is 0 Å². The molecule has 5 nitrogen and oxygen atoms in total. The summed E-state index contributed by atoms with van der Waals surface area (Å²) in [5.74, 6) is -0.135. The van der Waals surface area contributed by atoms with Gasteiger partial charge in [-0.2, -0.15) is 0 Å². The number of nitrogens with one attached hydrogen (secondary N) is 1. The predicted octanol–water partition coefficient (Wildman–Crippen LogP) is 2.28. The largest absolute Gasteiger partial charge is 0.465 e. The summed E-state index contributed by atoms with van der Waals surface area (Å²) in [5, 5.41) is 3.43. The van der Waals surface area contributed by atoms with E-state index in [2.05, 4.69) is 19.2 Å². The third-order valence-electron chi connectivity index (χ3n) is 3.78. The van der Waals surface area contributed by atoms with Crippen LogP contribution in [0.4, 0.5) is 0 Å². The molecule has 1 saturated carbocycles. The van der Waals surface area contributed by atoms with E-state index >= 15 is 0 Å². The van der Waals surface area contributed by atoms with E-state index in [1.54, 1.807) is 7.11 Å². The summed E-state index contributed by atoms with van der Waals surface area (Å²) in [4.78, 5) is 12.4. The van der Waals surface area contributed by atoms with Gasteiger partial charge in [0.2, 0.25) is 0 Å². The molecule has 2 atom stereocenters. The van der Waals surface area contributed by atoms with Crippen LogP contribution in [-0.2, 0) is 19.0 Å². The van der Waals surface area contributed by atoms with Crippen LogP contribution in [-0.4, -0.2) is 50.6 Å². The van der Waals surface area contributed by atoms with Gasteiger partial charge in [-0.1, -0.05) is 0 Å². The maximum atomic E-state index is 12.4. The number of rotatable bonds is 9. The second kappa shape index (κ2) is 9.38. The fourth-order valence-corrected chi connectivity index (χ4v) is 3.02. The van der Waals surface area contributed by atoms with Crippen molar-refractivity contribution in [2.75, 3.05) is 26.9 Å². The Hall–Kier alpha value is -0.650. The lowest BCUT2D eigenvalue weighted by atomic mass is 9.79. The Morgan fingerprint density at radius 3 is 2.76 bits per heavy atom. The van der Waals surface area contributed by atoms with Crippen LogP contribution in [0.25, 0.3) is 0 Å². The third-order valence-corrected chi connectivity index (χ3v) is 3.78. The Morgan fingerprint density at radius 2 is 2.14 bits per heavy atom. The molecule has 1 N–H and O–H groups in total. The minimum atomic E-state index is -0.589. The first kappa shape index (κ1) is 18.4. The summed E-state index contributed by atoms with van der Waals surface area (Å²) in [6.07, 6.45) is 4.50. The maximum absolute atomic E-state index is 12.4. The predicted molar refractivity (Wildman–Crippen MR) is 82.3 cm³/mol. The van der Waals surface area contributed by atoms with Crippen molar-refractivity contribution in [1.82, 2.24) is 5.32 Å². The van der Waals surface area contributed by atoms with Crippen LogP contribution >= 0.6 is 0 Å². The van der Waals surface area contributed by atoms with Gasteiger partial charge in [0.05, 0.1) is 12.7 Å². The number of hydrogen-bond acceptors (Lipinski definition) is 5. The number of ether oxygens (including phenoxy) is 3. The molecule has 1 aliphatic carbocycles. The van der Waals surface area contributed by atoms with E-state index in [9.17, 15) is 4.79 Å². The standard InChI is InChI=1S/C16H31NO4/c1-5-20-15(18)16(17-13(2)3)9-6-8-14(12-16)21-11-7-10-19-4/h13-14,17H,5-12H2,1-4H3. The van der Waals surface area contributed by atoms with Gasteiger partial charge in [-0.15, -0.1) is 0 Å². The molecule has 0 bridgehead atoms. The fourth-order valence-electron chi connectivity index (χ4n) is 3.02. The lowest BCUT2D eigenvalue weighted by Crippen LogP contribution is -2.59. The van der Waals surface area contributed by atoms with Crippen LogP contribution in [0, 0.1) is 0 Å². The molecule has 0 amide bonds. The van der Waals surface area contributed by atoms with E-state index in [1.165, 1.54) is 0 Å². The highest BCUT2D eigenvalue weighted by atomic mass is 16.5. The quantitative estimate of drug-likeness (QED) is 0.523. The third kappa shape index (κ3) is 5.93. The van der Waals surface area contributed by atoms with Crippen LogP contribution in [0.5, 0.6) is 0 Å². The Labute approximate surface area is 128 Å². The Morgan fingerprint density at radius 1 is 1.38 bits per heavy atom. The molecule has 1 rings (SSSR count). The van der Waals surface area contributed by atoms with Gasteiger partial charge in [-0.3, -0.25) is 10.1 Å². The van der Waals surface area contributed by atoms with Crippen molar-refractivity contribution < 1.29 is 19.0 Å². The topological polar surface area (TPSA) is 56.8 Å². The molecule has 0 aromatic carbocycles. The number of methoxy groups -OCH3 is 1. The second-order valence-electron chi connectivity index (χ2n) is 6.04. The second-order valence-corrected chi connectivity index (χ2v) is 6.04. The van der Waals surface area contributed by atoms with Crippen molar-refractivity contribution in [2.45, 2.75) is 70.6 Å². The van der Waals surface area contributed by atoms with Gasteiger partial charge in [0, 0.05) is 32.8 Å². The van der Waals surface area contributed by atoms with Crippen LogP contribution in [0.2, 0.25) is 0 Å². The van der Waals surface area contributed by atoms with E-state index in [0.29, 0.717) is 26.2 Å². The highest BCUT2D eigenvalue weighted by molar-refractivity contribution is 5.81. The highest BCUT2D eigenvalue weighted by Gasteiger charge is 2.44. The minimum absolute atomic E-state index is 0.117. The van der Waals surface area contributed by atoms with Crippen LogP contribution < -0.4 is 5.32 Å². The fraction of sp³-hybridized carbons (Fsp3) is 0.938. The monoisotopic (exact) mass is 301 g/mol. The van der Waals surface area contributed by atoms with E-state index in [0.717, 1.165) is 25.7 Å². The SMILES string of the molecule is CCOC(=O)C1(NC(C)C)CCCC(OCCCOC)C1. The van der Waals surface area contributed by atoms with Crippen molar-refractivity contribution >= 4 is 5.97 Å². The van der Waals surface area contributed by atoms with Crippen molar-refractivity contribution in [3.8, 4) is 0 Å². The van der Waals surface area contributed by atoms with Gasteiger partial charge in [-0.25, -0.2) is 0 Å². The molecule has 0 saturated heterocycles. The number of hydrogen-bond donors (Lipinski definition) is 1. The van der Waals surface area contributed by atoms with Crippen molar-refractivity contribution in [2.24, 2.45) is 0 Å². The molecule has 0 spiro atoms. The first-order valence-corrected chi connectivity index (χ1v) is 8.09. The molecule has 5 heteroatoms. The van der Waals surface area contributed by atoms with E-state index < -0.39 is 5.54 Å². The maximum Gasteiger partial charge on any atom is 0.326 e. The van der Waals surface area contributed by atoms with Gasteiger partial charge in [0.1, 0.15) is 5.54 Å². The number of carbonyl (C=O) groups is 1. The summed E-state index contributed by atoms with van der Waals surface area (Å²) in [6.45, 7) is 7.77. The zero-order chi connectivity index (χ0) is 15.7. The molecule has 0 heterocycles. The lowest BCUT2D eigenvalue weighted by molar-refractivity contribution is -0.156. The first-order valence-electron chi connectivity index (χ1n) is 8.09. The summed E-state index contributed by atoms with van der Waals surface area (Å²) in [7, 11) is 1.69.